The van der Waals surface area contributed by atoms with Gasteiger partial charge in [0.15, 0.2) is 5.78 Å². The van der Waals surface area contributed by atoms with E-state index in [1.807, 2.05) is 0 Å². The highest BCUT2D eigenvalue weighted by Gasteiger charge is 2.19. The number of halogens is 1. The van der Waals surface area contributed by atoms with E-state index in [9.17, 15) is 9.18 Å². The van der Waals surface area contributed by atoms with Crippen molar-refractivity contribution in [3.05, 3.63) is 29.6 Å². The molecule has 0 saturated heterocycles. The fourth-order valence-corrected chi connectivity index (χ4v) is 1.66. The third kappa shape index (κ3) is 3.78. The number of nitrogens with two attached hydrogens (primary N) is 1. The minimum absolute atomic E-state index is 0.0344. The molecule has 0 aliphatic rings. The lowest BCUT2D eigenvalue weighted by atomic mass is 10.0. The number of benzene rings is 1. The summed E-state index contributed by atoms with van der Waals surface area (Å²) >= 11 is 0. The van der Waals surface area contributed by atoms with E-state index in [2.05, 4.69) is 0 Å². The first-order valence-electron chi connectivity index (χ1n) is 5.70. The standard InChI is InChI=1S/C13H18FNO3/c1-17-7-6-9(15)8-11(16)13-10(14)4-3-5-12(13)18-2/h3-5,9H,6-8,15H2,1-2H3. The van der Waals surface area contributed by atoms with Crippen molar-refractivity contribution in [1.29, 1.82) is 0 Å². The molecule has 1 unspecified atom stereocenters. The topological polar surface area (TPSA) is 61.5 Å². The van der Waals surface area contributed by atoms with Crippen LogP contribution in [0.3, 0.4) is 0 Å². The Morgan fingerprint density at radius 2 is 2.17 bits per heavy atom. The molecule has 5 heteroatoms. The van der Waals surface area contributed by atoms with Crippen LogP contribution in [-0.2, 0) is 4.74 Å². The molecule has 4 nitrogen and oxygen atoms in total. The molecule has 18 heavy (non-hydrogen) atoms. The van der Waals surface area contributed by atoms with Gasteiger partial charge in [0, 0.05) is 26.2 Å². The summed E-state index contributed by atoms with van der Waals surface area (Å²) in [4.78, 5) is 12.0. The Hall–Kier alpha value is -1.46. The Morgan fingerprint density at radius 3 is 2.78 bits per heavy atom. The fourth-order valence-electron chi connectivity index (χ4n) is 1.66. The molecule has 0 bridgehead atoms. The first-order chi connectivity index (χ1) is 8.60. The molecule has 0 fully saturated rings. The monoisotopic (exact) mass is 255 g/mol. The van der Waals surface area contributed by atoms with Crippen molar-refractivity contribution in [2.75, 3.05) is 20.8 Å². The number of ketones is 1. The van der Waals surface area contributed by atoms with Crippen LogP contribution in [0.4, 0.5) is 4.39 Å². The van der Waals surface area contributed by atoms with Crippen molar-refractivity contribution in [3.63, 3.8) is 0 Å². The van der Waals surface area contributed by atoms with E-state index in [0.717, 1.165) is 0 Å². The molecule has 0 spiro atoms. The van der Waals surface area contributed by atoms with E-state index >= 15 is 0 Å². The number of ether oxygens (including phenoxy) is 2. The molecule has 2 N–H and O–H groups in total. The van der Waals surface area contributed by atoms with Gasteiger partial charge >= 0.3 is 0 Å². The highest BCUT2D eigenvalue weighted by atomic mass is 19.1. The maximum atomic E-state index is 13.6. The quantitative estimate of drug-likeness (QED) is 0.754. The van der Waals surface area contributed by atoms with Crippen LogP contribution in [0.15, 0.2) is 18.2 Å². The van der Waals surface area contributed by atoms with Crippen molar-refractivity contribution >= 4 is 5.78 Å². The molecule has 1 aromatic carbocycles. The molecular formula is C13H18FNO3. The first kappa shape index (κ1) is 14.6. The number of hydrogen-bond donors (Lipinski definition) is 1. The smallest absolute Gasteiger partial charge is 0.171 e. The number of carbonyl (C=O) groups is 1. The average molecular weight is 255 g/mol. The Kier molecular flexibility index (Phi) is 5.74. The molecule has 0 radical (unpaired) electrons. The molecule has 0 aromatic heterocycles. The van der Waals surface area contributed by atoms with E-state index in [1.54, 1.807) is 13.2 Å². The molecule has 1 atom stereocenters. The maximum absolute atomic E-state index is 13.6. The zero-order valence-corrected chi connectivity index (χ0v) is 10.6. The summed E-state index contributed by atoms with van der Waals surface area (Å²) in [7, 11) is 2.96. The van der Waals surface area contributed by atoms with Crippen LogP contribution in [0.25, 0.3) is 0 Å². The van der Waals surface area contributed by atoms with Crippen LogP contribution < -0.4 is 10.5 Å². The van der Waals surface area contributed by atoms with Gasteiger partial charge in [0.2, 0.25) is 0 Å². The van der Waals surface area contributed by atoms with Crippen LogP contribution in [0.5, 0.6) is 5.75 Å². The van der Waals surface area contributed by atoms with Crippen LogP contribution >= 0.6 is 0 Å². The summed E-state index contributed by atoms with van der Waals surface area (Å²) in [6.07, 6.45) is 0.625. The largest absolute Gasteiger partial charge is 0.496 e. The number of Topliss-reactive ketones (excluding diaryl/α,β-unsaturated/α-hetero) is 1. The van der Waals surface area contributed by atoms with Gasteiger partial charge in [-0.1, -0.05) is 6.07 Å². The van der Waals surface area contributed by atoms with Gasteiger partial charge in [-0.2, -0.15) is 0 Å². The van der Waals surface area contributed by atoms with E-state index in [4.69, 9.17) is 15.2 Å². The third-order valence-electron chi connectivity index (χ3n) is 2.61. The molecule has 100 valence electrons. The molecule has 1 rings (SSSR count). The van der Waals surface area contributed by atoms with Crippen LogP contribution in [0.2, 0.25) is 0 Å². The Balaban J connectivity index is 2.78. The van der Waals surface area contributed by atoms with Crippen molar-refractivity contribution in [2.24, 2.45) is 5.73 Å². The normalized spacial score (nSPS) is 12.2. The van der Waals surface area contributed by atoms with Crippen molar-refractivity contribution in [1.82, 2.24) is 0 Å². The number of carbonyl (C=O) groups excluding carboxylic acids is 1. The van der Waals surface area contributed by atoms with Gasteiger partial charge in [-0.05, 0) is 18.6 Å². The highest BCUT2D eigenvalue weighted by Crippen LogP contribution is 2.23. The van der Waals surface area contributed by atoms with Gasteiger partial charge in [0.25, 0.3) is 0 Å². The van der Waals surface area contributed by atoms with Crippen molar-refractivity contribution in [3.8, 4) is 5.75 Å². The van der Waals surface area contributed by atoms with Crippen LogP contribution in [0, 0.1) is 5.82 Å². The molecule has 0 aliphatic carbocycles. The van der Waals surface area contributed by atoms with E-state index in [1.165, 1.54) is 19.2 Å². The number of hydrogen-bond acceptors (Lipinski definition) is 4. The van der Waals surface area contributed by atoms with Crippen LogP contribution in [-0.4, -0.2) is 32.7 Å². The highest BCUT2D eigenvalue weighted by molar-refractivity contribution is 5.99. The van der Waals surface area contributed by atoms with Gasteiger partial charge in [0.05, 0.1) is 12.7 Å². The van der Waals surface area contributed by atoms with Crippen molar-refractivity contribution in [2.45, 2.75) is 18.9 Å². The second-order valence-electron chi connectivity index (χ2n) is 3.99. The zero-order chi connectivity index (χ0) is 13.5. The Morgan fingerprint density at radius 1 is 1.44 bits per heavy atom. The molecule has 0 heterocycles. The summed E-state index contributed by atoms with van der Waals surface area (Å²) < 4.78 is 23.5. The minimum atomic E-state index is -0.585. The van der Waals surface area contributed by atoms with Gasteiger partial charge in [0.1, 0.15) is 11.6 Å². The average Bonchev–Trinajstić information content (AvgIpc) is 2.35. The van der Waals surface area contributed by atoms with Gasteiger partial charge in [-0.15, -0.1) is 0 Å². The fraction of sp³-hybridized carbons (Fsp3) is 0.462. The molecule has 0 aliphatic heterocycles. The van der Waals surface area contributed by atoms with Crippen LogP contribution in [0.1, 0.15) is 23.2 Å². The molecule has 0 amide bonds. The first-order valence-corrected chi connectivity index (χ1v) is 5.70. The molecule has 1 aromatic rings. The molecular weight excluding hydrogens is 237 g/mol. The number of methoxy groups -OCH3 is 2. The lowest BCUT2D eigenvalue weighted by Gasteiger charge is -2.12. The zero-order valence-electron chi connectivity index (χ0n) is 10.6. The second kappa shape index (κ2) is 7.08. The summed E-state index contributed by atoms with van der Waals surface area (Å²) in [6, 6.07) is 3.94. The van der Waals surface area contributed by atoms with Gasteiger partial charge < -0.3 is 15.2 Å². The predicted molar refractivity (Wildman–Crippen MR) is 66.4 cm³/mol. The summed E-state index contributed by atoms with van der Waals surface area (Å²) in [5.41, 5.74) is 5.74. The summed E-state index contributed by atoms with van der Waals surface area (Å²) in [6.45, 7) is 0.475. The maximum Gasteiger partial charge on any atom is 0.171 e. The Labute approximate surface area is 106 Å². The van der Waals surface area contributed by atoms with Gasteiger partial charge in [-0.25, -0.2) is 4.39 Å². The van der Waals surface area contributed by atoms with Gasteiger partial charge in [-0.3, -0.25) is 4.79 Å². The lowest BCUT2D eigenvalue weighted by Crippen LogP contribution is -2.26. The predicted octanol–water partition coefficient (Wildman–Crippen LogP) is 1.77. The van der Waals surface area contributed by atoms with E-state index in [-0.39, 0.29) is 29.6 Å². The molecule has 0 saturated carbocycles. The van der Waals surface area contributed by atoms with Crippen molar-refractivity contribution < 1.29 is 18.7 Å². The summed E-state index contributed by atoms with van der Waals surface area (Å²) in [5, 5.41) is 0. The lowest BCUT2D eigenvalue weighted by molar-refractivity contribution is 0.0960. The third-order valence-corrected chi connectivity index (χ3v) is 2.61. The Bertz CT molecular complexity index is 409. The van der Waals surface area contributed by atoms with E-state index in [0.29, 0.717) is 13.0 Å². The summed E-state index contributed by atoms with van der Waals surface area (Å²) in [5.74, 6) is -0.703. The second-order valence-corrected chi connectivity index (χ2v) is 3.99. The van der Waals surface area contributed by atoms with E-state index < -0.39 is 5.82 Å². The SMILES string of the molecule is COCCC(N)CC(=O)c1c(F)cccc1OC. The minimum Gasteiger partial charge on any atom is -0.496 e. The number of rotatable bonds is 7.